The average Bonchev–Trinajstić information content (AvgIpc) is 3.25. The molecule has 2 heterocycles. The maximum atomic E-state index is 13.6. The highest BCUT2D eigenvalue weighted by atomic mass is 32.1. The minimum absolute atomic E-state index is 0.385. The Morgan fingerprint density at radius 2 is 1.71 bits per heavy atom. The SMILES string of the molecule is N#CC(c1nc2ccccc2s1)C1(c2ccccc2)NC(=O)[C@@]2(C#N)[C@H](c3ccc(F)cc3)[C@H]12. The smallest absolute Gasteiger partial charge is 0.242 e. The Morgan fingerprint density at radius 1 is 1.00 bits per heavy atom. The highest BCUT2D eigenvalue weighted by Crippen LogP contribution is 2.76. The highest BCUT2D eigenvalue weighted by molar-refractivity contribution is 7.18. The number of piperidine rings is 1. The van der Waals surface area contributed by atoms with Crippen molar-refractivity contribution in [2.75, 3.05) is 0 Å². The summed E-state index contributed by atoms with van der Waals surface area (Å²) in [6.07, 6.45) is 0. The Morgan fingerprint density at radius 3 is 2.38 bits per heavy atom. The van der Waals surface area contributed by atoms with E-state index in [2.05, 4.69) is 17.5 Å². The van der Waals surface area contributed by atoms with E-state index in [0.29, 0.717) is 10.6 Å². The van der Waals surface area contributed by atoms with Crippen molar-refractivity contribution in [3.8, 4) is 12.1 Å². The van der Waals surface area contributed by atoms with Gasteiger partial charge in [-0.2, -0.15) is 10.5 Å². The van der Waals surface area contributed by atoms with Crippen molar-refractivity contribution in [3.63, 3.8) is 0 Å². The molecule has 4 aromatic rings. The fraction of sp³-hybridized carbons (Fsp3) is 0.185. The molecule has 34 heavy (non-hydrogen) atoms. The number of nitrogens with zero attached hydrogens (tertiary/aromatic N) is 3. The number of hydrogen-bond acceptors (Lipinski definition) is 5. The molecule has 1 aromatic heterocycles. The number of aromatic nitrogens is 1. The summed E-state index contributed by atoms with van der Waals surface area (Å²) in [6.45, 7) is 0. The van der Waals surface area contributed by atoms with Gasteiger partial charge in [-0.1, -0.05) is 54.6 Å². The average molecular weight is 465 g/mol. The Bertz CT molecular complexity index is 1490. The topological polar surface area (TPSA) is 89.6 Å². The Labute approximate surface area is 199 Å². The normalized spacial score (nSPS) is 27.9. The number of nitriles is 2. The van der Waals surface area contributed by atoms with Crippen LogP contribution < -0.4 is 5.32 Å². The van der Waals surface area contributed by atoms with E-state index < -0.39 is 34.6 Å². The molecule has 3 aromatic carbocycles. The van der Waals surface area contributed by atoms with Crippen molar-refractivity contribution in [1.82, 2.24) is 10.3 Å². The molecule has 0 spiro atoms. The van der Waals surface area contributed by atoms with Crippen LogP contribution >= 0.6 is 11.3 Å². The molecule has 0 radical (unpaired) electrons. The third kappa shape index (κ3) is 2.56. The molecule has 2 unspecified atom stereocenters. The van der Waals surface area contributed by atoms with Crippen LogP contribution in [0.2, 0.25) is 0 Å². The van der Waals surface area contributed by atoms with Crippen LogP contribution in [0.5, 0.6) is 0 Å². The number of hydrogen-bond donors (Lipinski definition) is 1. The summed E-state index contributed by atoms with van der Waals surface area (Å²) < 4.78 is 14.6. The third-order valence-corrected chi connectivity index (χ3v) is 8.30. The van der Waals surface area contributed by atoms with Crippen LogP contribution in [0.3, 0.4) is 0 Å². The van der Waals surface area contributed by atoms with Crippen molar-refractivity contribution in [2.24, 2.45) is 11.3 Å². The van der Waals surface area contributed by atoms with E-state index in [1.165, 1.54) is 23.5 Å². The van der Waals surface area contributed by atoms with Gasteiger partial charge < -0.3 is 5.32 Å². The molecule has 6 rings (SSSR count). The van der Waals surface area contributed by atoms with Crippen LogP contribution in [-0.2, 0) is 10.3 Å². The second-order valence-corrected chi connectivity index (χ2v) is 9.82. The monoisotopic (exact) mass is 464 g/mol. The summed E-state index contributed by atoms with van der Waals surface area (Å²) in [5.41, 5.74) is -0.243. The van der Waals surface area contributed by atoms with E-state index in [1.807, 2.05) is 54.6 Å². The lowest BCUT2D eigenvalue weighted by molar-refractivity contribution is -0.124. The van der Waals surface area contributed by atoms with Gasteiger partial charge in [0.1, 0.15) is 22.2 Å². The molecule has 1 aliphatic heterocycles. The molecule has 7 heteroatoms. The zero-order valence-corrected chi connectivity index (χ0v) is 18.6. The number of amides is 1. The van der Waals surface area contributed by atoms with Gasteiger partial charge in [-0.05, 0) is 35.4 Å². The molecule has 1 aliphatic carbocycles. The number of carbonyl (C=O) groups excluding carboxylic acids is 1. The molecule has 2 aliphatic rings. The summed E-state index contributed by atoms with van der Waals surface area (Å²) in [6, 6.07) is 27.6. The molecule has 5 atom stereocenters. The number of halogens is 1. The number of fused-ring (bicyclic) bond motifs is 2. The van der Waals surface area contributed by atoms with E-state index in [-0.39, 0.29) is 5.82 Å². The summed E-state index contributed by atoms with van der Waals surface area (Å²) >= 11 is 1.42. The summed E-state index contributed by atoms with van der Waals surface area (Å²) in [4.78, 5) is 18.2. The minimum Gasteiger partial charge on any atom is -0.343 e. The largest absolute Gasteiger partial charge is 0.343 e. The third-order valence-electron chi connectivity index (χ3n) is 7.20. The van der Waals surface area contributed by atoms with E-state index >= 15 is 0 Å². The molecule has 1 saturated heterocycles. The molecule has 5 nitrogen and oxygen atoms in total. The lowest BCUT2D eigenvalue weighted by Gasteiger charge is -2.36. The molecule has 1 N–H and O–H groups in total. The van der Waals surface area contributed by atoms with Crippen molar-refractivity contribution in [2.45, 2.75) is 17.4 Å². The fourth-order valence-corrected chi connectivity index (χ4v) is 6.82. The van der Waals surface area contributed by atoms with Crippen LogP contribution in [0.15, 0.2) is 78.9 Å². The van der Waals surface area contributed by atoms with Crippen LogP contribution in [0.4, 0.5) is 4.39 Å². The van der Waals surface area contributed by atoms with Gasteiger partial charge >= 0.3 is 0 Å². The second-order valence-electron chi connectivity index (χ2n) is 8.76. The predicted octanol–water partition coefficient (Wildman–Crippen LogP) is 4.99. The van der Waals surface area contributed by atoms with Gasteiger partial charge in [-0.3, -0.25) is 4.79 Å². The van der Waals surface area contributed by atoms with Crippen LogP contribution in [0.25, 0.3) is 10.2 Å². The molecule has 1 amide bonds. The van der Waals surface area contributed by atoms with Gasteiger partial charge in [-0.15, -0.1) is 11.3 Å². The number of thiazole rings is 1. The Balaban J connectivity index is 1.58. The van der Waals surface area contributed by atoms with E-state index in [1.54, 1.807) is 12.1 Å². The van der Waals surface area contributed by atoms with Gasteiger partial charge in [0, 0.05) is 11.8 Å². The maximum Gasteiger partial charge on any atom is 0.242 e. The molecule has 2 fully saturated rings. The van der Waals surface area contributed by atoms with Crippen molar-refractivity contribution in [1.29, 1.82) is 10.5 Å². The van der Waals surface area contributed by atoms with Gasteiger partial charge in [0.2, 0.25) is 5.91 Å². The van der Waals surface area contributed by atoms with Crippen molar-refractivity contribution < 1.29 is 9.18 Å². The lowest BCUT2D eigenvalue weighted by atomic mass is 9.74. The standard InChI is InChI=1S/C27H17FN4OS/c28-18-12-10-16(11-13-18)22-23-26(22,15-30)25(33)32-27(23,17-6-2-1-3-7-17)19(14-29)24-31-20-8-4-5-9-21(20)34-24/h1-13,19,22-23H,(H,32,33)/t19?,22-,23+,26+,27?/m1/s1. The predicted molar refractivity (Wildman–Crippen MR) is 125 cm³/mol. The second kappa shape index (κ2) is 7.21. The molecule has 164 valence electrons. The zero-order valence-electron chi connectivity index (χ0n) is 17.8. The first-order valence-corrected chi connectivity index (χ1v) is 11.7. The zero-order chi connectivity index (χ0) is 23.5. The maximum absolute atomic E-state index is 13.6. The van der Waals surface area contributed by atoms with Crippen molar-refractivity contribution in [3.05, 3.63) is 101 Å². The number of rotatable bonds is 4. The summed E-state index contributed by atoms with van der Waals surface area (Å²) in [7, 11) is 0. The fourth-order valence-electron chi connectivity index (χ4n) is 5.73. The quantitative estimate of drug-likeness (QED) is 0.461. The first kappa shape index (κ1) is 20.5. The number of nitrogens with one attached hydrogen (secondary N) is 1. The highest BCUT2D eigenvalue weighted by Gasteiger charge is 2.84. The van der Waals surface area contributed by atoms with Crippen molar-refractivity contribution >= 4 is 27.5 Å². The molecule has 1 saturated carbocycles. The molecule has 0 bridgehead atoms. The van der Waals surface area contributed by atoms with Gasteiger partial charge in [0.05, 0.1) is 27.9 Å². The Kier molecular flexibility index (Phi) is 4.36. The van der Waals surface area contributed by atoms with Gasteiger partial charge in [-0.25, -0.2) is 9.37 Å². The van der Waals surface area contributed by atoms with E-state index in [4.69, 9.17) is 4.98 Å². The van der Waals surface area contributed by atoms with Crippen LogP contribution in [0, 0.1) is 39.8 Å². The number of benzene rings is 3. The number of para-hydroxylation sites is 1. The van der Waals surface area contributed by atoms with Crippen LogP contribution in [0.1, 0.15) is 28.0 Å². The van der Waals surface area contributed by atoms with E-state index in [0.717, 1.165) is 15.8 Å². The minimum atomic E-state index is -1.33. The van der Waals surface area contributed by atoms with Gasteiger partial charge in [0.15, 0.2) is 0 Å². The summed E-state index contributed by atoms with van der Waals surface area (Å²) in [5.74, 6) is -2.58. The van der Waals surface area contributed by atoms with Gasteiger partial charge in [0.25, 0.3) is 0 Å². The van der Waals surface area contributed by atoms with Crippen LogP contribution in [-0.4, -0.2) is 10.9 Å². The molecular formula is C27H17FN4OS. The molecular weight excluding hydrogens is 447 g/mol. The summed E-state index contributed by atoms with van der Waals surface area (Å²) in [5, 5.41) is 24.4. The Hall–Kier alpha value is -4.07. The first-order chi connectivity index (χ1) is 16.6. The van der Waals surface area contributed by atoms with E-state index in [9.17, 15) is 19.7 Å². The lowest BCUT2D eigenvalue weighted by Crippen LogP contribution is -2.48. The first-order valence-electron chi connectivity index (χ1n) is 10.9. The number of carbonyl (C=O) groups is 1.